The van der Waals surface area contributed by atoms with Gasteiger partial charge >= 0.3 is 6.01 Å². The number of hydrogen-bond acceptors (Lipinski definition) is 5. The Morgan fingerprint density at radius 3 is 3.00 bits per heavy atom. The van der Waals surface area contributed by atoms with Crippen molar-refractivity contribution in [3.8, 4) is 6.01 Å². The number of β-amino-alcohol motifs (C(OH)–C–C–N with tert-alkyl or cyclic N) is 1. The maximum atomic E-state index is 9.44. The molecular weight excluding hydrogens is 309 g/mol. The molecule has 1 fully saturated rings. The number of hydrogen-bond donors (Lipinski definition) is 1. The predicted molar refractivity (Wildman–Crippen MR) is 64.1 cm³/mol. The first-order valence-corrected chi connectivity index (χ1v) is 5.78. The quantitative estimate of drug-likeness (QED) is 0.641. The number of rotatable bonds is 2. The third kappa shape index (κ3) is 2.49. The van der Waals surface area contributed by atoms with Crippen molar-refractivity contribution in [1.82, 2.24) is 9.97 Å². The predicted octanol–water partition coefficient (Wildman–Crippen LogP) is 0.661. The van der Waals surface area contributed by atoms with Crippen LogP contribution in [0, 0.1) is 3.70 Å². The lowest BCUT2D eigenvalue weighted by atomic mass is 10.3. The molecule has 6 heteroatoms. The van der Waals surface area contributed by atoms with E-state index in [9.17, 15) is 5.11 Å². The van der Waals surface area contributed by atoms with E-state index in [1.165, 1.54) is 0 Å². The van der Waals surface area contributed by atoms with Crippen molar-refractivity contribution in [2.24, 2.45) is 0 Å². The average Bonchev–Trinajstić information content (AvgIpc) is 2.64. The molecule has 1 N–H and O–H groups in total. The lowest BCUT2D eigenvalue weighted by Gasteiger charge is -2.16. The third-order valence-corrected chi connectivity index (χ3v) is 2.88. The van der Waals surface area contributed by atoms with Gasteiger partial charge in [-0.25, -0.2) is 0 Å². The molecule has 0 radical (unpaired) electrons. The Hall–Kier alpha value is -0.630. The fourth-order valence-electron chi connectivity index (χ4n) is 1.59. The molecule has 0 amide bonds. The van der Waals surface area contributed by atoms with Crippen molar-refractivity contribution in [3.05, 3.63) is 9.77 Å². The number of aliphatic hydroxyl groups excluding tert-OH is 1. The normalized spacial score (nSPS) is 20.7. The van der Waals surface area contributed by atoms with Gasteiger partial charge in [-0.3, -0.25) is 0 Å². The Morgan fingerprint density at radius 1 is 1.60 bits per heavy atom. The number of methoxy groups -OCH3 is 1. The molecule has 1 aromatic rings. The summed E-state index contributed by atoms with van der Waals surface area (Å²) in [6, 6.07) is 2.26. The van der Waals surface area contributed by atoms with Gasteiger partial charge in [0.05, 0.1) is 13.2 Å². The van der Waals surface area contributed by atoms with Gasteiger partial charge in [0.15, 0.2) is 0 Å². The summed E-state index contributed by atoms with van der Waals surface area (Å²) in [6.45, 7) is 1.47. The average molecular weight is 321 g/mol. The monoisotopic (exact) mass is 321 g/mol. The minimum Gasteiger partial charge on any atom is -0.467 e. The summed E-state index contributed by atoms with van der Waals surface area (Å²) in [7, 11) is 1.55. The van der Waals surface area contributed by atoms with Crippen LogP contribution in [0.2, 0.25) is 0 Å². The minimum atomic E-state index is -0.247. The first-order chi connectivity index (χ1) is 7.19. The van der Waals surface area contributed by atoms with Crippen molar-refractivity contribution < 1.29 is 9.84 Å². The maximum Gasteiger partial charge on any atom is 0.319 e. The fourth-order valence-corrected chi connectivity index (χ4v) is 2.07. The van der Waals surface area contributed by atoms with Gasteiger partial charge in [0.25, 0.3) is 0 Å². The van der Waals surface area contributed by atoms with E-state index >= 15 is 0 Å². The van der Waals surface area contributed by atoms with Crippen molar-refractivity contribution in [2.45, 2.75) is 12.5 Å². The van der Waals surface area contributed by atoms with E-state index in [1.54, 1.807) is 7.11 Å². The van der Waals surface area contributed by atoms with Crippen molar-refractivity contribution in [1.29, 1.82) is 0 Å². The van der Waals surface area contributed by atoms with E-state index < -0.39 is 0 Å². The zero-order valence-corrected chi connectivity index (χ0v) is 10.5. The maximum absolute atomic E-state index is 9.44. The van der Waals surface area contributed by atoms with Crippen LogP contribution in [0.4, 0.5) is 5.82 Å². The Balaban J connectivity index is 2.24. The van der Waals surface area contributed by atoms with E-state index in [4.69, 9.17) is 4.74 Å². The van der Waals surface area contributed by atoms with Crippen molar-refractivity contribution in [3.63, 3.8) is 0 Å². The van der Waals surface area contributed by atoms with Gasteiger partial charge in [-0.15, -0.1) is 0 Å². The summed E-state index contributed by atoms with van der Waals surface area (Å²) < 4.78 is 5.85. The second-order valence-electron chi connectivity index (χ2n) is 3.42. The van der Waals surface area contributed by atoms with Gasteiger partial charge in [0.2, 0.25) is 0 Å². The molecule has 2 rings (SSSR count). The number of aromatic nitrogens is 2. The van der Waals surface area contributed by atoms with E-state index in [0.717, 1.165) is 22.5 Å². The smallest absolute Gasteiger partial charge is 0.319 e. The molecule has 0 aliphatic carbocycles. The molecule has 0 spiro atoms. The largest absolute Gasteiger partial charge is 0.467 e. The molecule has 2 heterocycles. The molecule has 1 saturated heterocycles. The van der Waals surface area contributed by atoms with Crippen molar-refractivity contribution >= 4 is 28.4 Å². The molecule has 1 aliphatic heterocycles. The minimum absolute atomic E-state index is 0.247. The first-order valence-electron chi connectivity index (χ1n) is 4.70. The van der Waals surface area contributed by atoms with Crippen LogP contribution in [0.3, 0.4) is 0 Å². The zero-order valence-electron chi connectivity index (χ0n) is 8.35. The highest BCUT2D eigenvalue weighted by molar-refractivity contribution is 14.1. The highest BCUT2D eigenvalue weighted by Crippen LogP contribution is 2.21. The van der Waals surface area contributed by atoms with Gasteiger partial charge < -0.3 is 14.7 Å². The van der Waals surface area contributed by atoms with Crippen LogP contribution < -0.4 is 9.64 Å². The van der Waals surface area contributed by atoms with Gasteiger partial charge in [0.1, 0.15) is 9.52 Å². The molecule has 82 valence electrons. The second-order valence-corrected chi connectivity index (χ2v) is 4.53. The van der Waals surface area contributed by atoms with Crippen LogP contribution in [-0.4, -0.2) is 41.4 Å². The molecule has 1 aromatic heterocycles. The Morgan fingerprint density at radius 2 is 2.40 bits per heavy atom. The highest BCUT2D eigenvalue weighted by atomic mass is 127. The molecule has 1 unspecified atom stereocenters. The van der Waals surface area contributed by atoms with Crippen LogP contribution in [0.1, 0.15) is 6.42 Å². The topological polar surface area (TPSA) is 58.5 Å². The van der Waals surface area contributed by atoms with Crippen molar-refractivity contribution in [2.75, 3.05) is 25.1 Å². The number of halogens is 1. The summed E-state index contributed by atoms with van der Waals surface area (Å²) in [5.41, 5.74) is 0. The molecule has 1 aliphatic rings. The van der Waals surface area contributed by atoms with Crippen LogP contribution >= 0.6 is 22.6 Å². The Labute approximate surface area is 102 Å². The van der Waals surface area contributed by atoms with Gasteiger partial charge in [-0.05, 0) is 29.0 Å². The molecular formula is C9H12IN3O2. The summed E-state index contributed by atoms with van der Waals surface area (Å²) in [5, 5.41) is 9.44. The van der Waals surface area contributed by atoms with Gasteiger partial charge in [-0.2, -0.15) is 9.97 Å². The fraction of sp³-hybridized carbons (Fsp3) is 0.556. The van der Waals surface area contributed by atoms with Crippen LogP contribution in [0.15, 0.2) is 6.07 Å². The Bertz CT molecular complexity index is 361. The van der Waals surface area contributed by atoms with E-state index in [-0.39, 0.29) is 6.10 Å². The van der Waals surface area contributed by atoms with Crippen LogP contribution in [0.5, 0.6) is 6.01 Å². The summed E-state index contributed by atoms with van der Waals surface area (Å²) in [4.78, 5) is 10.4. The highest BCUT2D eigenvalue weighted by Gasteiger charge is 2.22. The zero-order chi connectivity index (χ0) is 10.8. The number of ether oxygens (including phenoxy) is 1. The first kappa shape index (κ1) is 10.9. The molecule has 0 aromatic carbocycles. The van der Waals surface area contributed by atoms with E-state index in [0.29, 0.717) is 12.6 Å². The molecule has 15 heavy (non-hydrogen) atoms. The number of nitrogens with zero attached hydrogens (tertiary/aromatic N) is 3. The summed E-state index contributed by atoms with van der Waals surface area (Å²) in [6.07, 6.45) is 0.548. The molecule has 0 saturated carbocycles. The van der Waals surface area contributed by atoms with E-state index in [2.05, 4.69) is 32.6 Å². The third-order valence-electron chi connectivity index (χ3n) is 2.33. The molecule has 1 atom stereocenters. The van der Waals surface area contributed by atoms with Crippen LogP contribution in [-0.2, 0) is 0 Å². The molecule has 5 nitrogen and oxygen atoms in total. The standard InChI is InChI=1S/C9H12IN3O2/c1-15-9-11-7(10)4-8(12-9)13-3-2-6(14)5-13/h4,6,14H,2-3,5H2,1H3. The van der Waals surface area contributed by atoms with Crippen LogP contribution in [0.25, 0.3) is 0 Å². The Kier molecular flexibility index (Phi) is 3.25. The van der Waals surface area contributed by atoms with Gasteiger partial charge in [-0.1, -0.05) is 0 Å². The lowest BCUT2D eigenvalue weighted by Crippen LogP contribution is -2.22. The lowest BCUT2D eigenvalue weighted by molar-refractivity contribution is 0.198. The van der Waals surface area contributed by atoms with Gasteiger partial charge in [0, 0.05) is 19.2 Å². The molecule has 0 bridgehead atoms. The second kappa shape index (κ2) is 4.48. The summed E-state index contributed by atoms with van der Waals surface area (Å²) >= 11 is 2.13. The van der Waals surface area contributed by atoms with E-state index in [1.807, 2.05) is 11.0 Å². The number of anilines is 1. The number of aliphatic hydroxyl groups is 1. The summed E-state index contributed by atoms with van der Waals surface area (Å²) in [5.74, 6) is 0.822. The SMILES string of the molecule is COc1nc(I)cc(N2CCC(O)C2)n1.